The second-order valence-electron chi connectivity index (χ2n) is 5.86. The van der Waals surface area contributed by atoms with Gasteiger partial charge in [0.1, 0.15) is 23.1 Å². The normalized spacial score (nSPS) is 12.0. The number of furan rings is 1. The lowest BCUT2D eigenvalue weighted by Gasteiger charge is -2.19. The lowest BCUT2D eigenvalue weighted by molar-refractivity contribution is 0.0938. The molecule has 1 atom stereocenters. The monoisotopic (exact) mass is 379 g/mol. The summed E-state index contributed by atoms with van der Waals surface area (Å²) < 4.78 is 5.49. The average Bonchev–Trinajstić information content (AvgIpc) is 3.24. The first-order chi connectivity index (χ1) is 13.1. The Morgan fingerprint density at radius 1 is 1.19 bits per heavy atom. The van der Waals surface area contributed by atoms with Gasteiger partial charge in [0.2, 0.25) is 0 Å². The van der Waals surface area contributed by atoms with Crippen molar-refractivity contribution in [2.75, 3.05) is 0 Å². The van der Waals surface area contributed by atoms with Crippen molar-refractivity contribution >= 4 is 28.4 Å². The van der Waals surface area contributed by atoms with Crippen LogP contribution in [0.25, 0.3) is 10.9 Å². The number of halogens is 1. The highest BCUT2D eigenvalue weighted by Gasteiger charge is 2.25. The van der Waals surface area contributed by atoms with E-state index in [0.29, 0.717) is 32.8 Å². The number of amides is 1. The summed E-state index contributed by atoms with van der Waals surface area (Å²) in [6, 6.07) is 11.1. The Kier molecular flexibility index (Phi) is 4.48. The molecule has 1 amide bonds. The SMILES string of the molecule is O=C(N[C@@H](c1ccco1)c1cc(Cl)c2cccnc2c1O)c1cccnc1. The molecule has 3 aromatic heterocycles. The van der Waals surface area contributed by atoms with E-state index in [-0.39, 0.29) is 11.7 Å². The first-order valence-electron chi connectivity index (χ1n) is 8.15. The molecule has 4 rings (SSSR count). The molecule has 0 aliphatic carbocycles. The van der Waals surface area contributed by atoms with Gasteiger partial charge in [-0.25, -0.2) is 0 Å². The van der Waals surface area contributed by atoms with Crippen LogP contribution in [-0.4, -0.2) is 21.0 Å². The quantitative estimate of drug-likeness (QED) is 0.557. The van der Waals surface area contributed by atoms with Crippen molar-refractivity contribution in [3.8, 4) is 5.75 Å². The highest BCUT2D eigenvalue weighted by atomic mass is 35.5. The number of nitrogens with one attached hydrogen (secondary N) is 1. The molecule has 3 heterocycles. The van der Waals surface area contributed by atoms with Gasteiger partial charge in [-0.2, -0.15) is 0 Å². The summed E-state index contributed by atoms with van der Waals surface area (Å²) in [7, 11) is 0. The van der Waals surface area contributed by atoms with E-state index in [0.717, 1.165) is 0 Å². The summed E-state index contributed by atoms with van der Waals surface area (Å²) in [5, 5.41) is 14.7. The molecule has 0 bridgehead atoms. The van der Waals surface area contributed by atoms with Gasteiger partial charge < -0.3 is 14.8 Å². The van der Waals surface area contributed by atoms with Crippen LogP contribution < -0.4 is 5.32 Å². The van der Waals surface area contributed by atoms with E-state index in [2.05, 4.69) is 15.3 Å². The summed E-state index contributed by atoms with van der Waals surface area (Å²) >= 11 is 6.39. The third kappa shape index (κ3) is 3.22. The second kappa shape index (κ2) is 7.09. The Balaban J connectivity index is 1.82. The number of phenolic OH excluding ortho intramolecular Hbond substituents is 1. The highest BCUT2D eigenvalue weighted by molar-refractivity contribution is 6.35. The van der Waals surface area contributed by atoms with Crippen molar-refractivity contribution < 1.29 is 14.3 Å². The summed E-state index contributed by atoms with van der Waals surface area (Å²) in [6.45, 7) is 0. The number of phenols is 1. The Labute approximate surface area is 159 Å². The maximum atomic E-state index is 12.7. The van der Waals surface area contributed by atoms with E-state index < -0.39 is 6.04 Å². The van der Waals surface area contributed by atoms with Gasteiger partial charge in [0.05, 0.1) is 16.8 Å². The summed E-state index contributed by atoms with van der Waals surface area (Å²) in [6.07, 6.45) is 6.11. The molecule has 7 heteroatoms. The molecule has 0 aliphatic rings. The van der Waals surface area contributed by atoms with Gasteiger partial charge in [0.25, 0.3) is 5.91 Å². The molecule has 0 saturated heterocycles. The van der Waals surface area contributed by atoms with Crippen molar-refractivity contribution in [3.63, 3.8) is 0 Å². The number of pyridine rings is 2. The van der Waals surface area contributed by atoms with Gasteiger partial charge in [-0.1, -0.05) is 11.6 Å². The van der Waals surface area contributed by atoms with Crippen LogP contribution in [0.4, 0.5) is 0 Å². The van der Waals surface area contributed by atoms with Crippen LogP contribution >= 0.6 is 11.6 Å². The van der Waals surface area contributed by atoms with E-state index in [9.17, 15) is 9.90 Å². The largest absolute Gasteiger partial charge is 0.505 e. The Morgan fingerprint density at radius 2 is 2.04 bits per heavy atom. The van der Waals surface area contributed by atoms with Crippen LogP contribution in [0.5, 0.6) is 5.75 Å². The number of carbonyl (C=O) groups excluding carboxylic acids is 1. The zero-order chi connectivity index (χ0) is 18.8. The fourth-order valence-electron chi connectivity index (χ4n) is 2.90. The number of hydrogen-bond acceptors (Lipinski definition) is 5. The summed E-state index contributed by atoms with van der Waals surface area (Å²) in [4.78, 5) is 20.8. The van der Waals surface area contributed by atoms with Crippen molar-refractivity contribution in [1.82, 2.24) is 15.3 Å². The maximum absolute atomic E-state index is 12.7. The topological polar surface area (TPSA) is 88.2 Å². The van der Waals surface area contributed by atoms with Crippen molar-refractivity contribution in [3.05, 3.63) is 89.2 Å². The summed E-state index contributed by atoms with van der Waals surface area (Å²) in [5.41, 5.74) is 1.13. The van der Waals surface area contributed by atoms with E-state index in [1.807, 2.05) is 0 Å². The zero-order valence-corrected chi connectivity index (χ0v) is 14.7. The first kappa shape index (κ1) is 17.1. The molecule has 0 fully saturated rings. The second-order valence-corrected chi connectivity index (χ2v) is 6.27. The summed E-state index contributed by atoms with van der Waals surface area (Å²) in [5.74, 6) is 0.0258. The first-order valence-corrected chi connectivity index (χ1v) is 8.53. The molecule has 27 heavy (non-hydrogen) atoms. The molecule has 0 radical (unpaired) electrons. The molecule has 0 aliphatic heterocycles. The van der Waals surface area contributed by atoms with Crippen LogP contribution in [0.3, 0.4) is 0 Å². The minimum Gasteiger partial charge on any atom is -0.505 e. The van der Waals surface area contributed by atoms with E-state index in [1.54, 1.807) is 54.9 Å². The van der Waals surface area contributed by atoms with Crippen molar-refractivity contribution in [2.24, 2.45) is 0 Å². The lowest BCUT2D eigenvalue weighted by Crippen LogP contribution is -2.29. The number of nitrogens with zero attached hydrogens (tertiary/aromatic N) is 2. The van der Waals surface area contributed by atoms with Crippen LogP contribution in [0.1, 0.15) is 27.7 Å². The molecular formula is C20H14ClN3O3. The van der Waals surface area contributed by atoms with Gasteiger partial charge in [0, 0.05) is 29.5 Å². The third-order valence-corrected chi connectivity index (χ3v) is 4.50. The molecule has 0 saturated carbocycles. The fraction of sp³-hybridized carbons (Fsp3) is 0.0500. The smallest absolute Gasteiger partial charge is 0.253 e. The third-order valence-electron chi connectivity index (χ3n) is 4.18. The van der Waals surface area contributed by atoms with Gasteiger partial charge in [-0.15, -0.1) is 0 Å². The molecule has 134 valence electrons. The van der Waals surface area contributed by atoms with Crippen molar-refractivity contribution in [2.45, 2.75) is 6.04 Å². The van der Waals surface area contributed by atoms with E-state index in [4.69, 9.17) is 16.0 Å². The van der Waals surface area contributed by atoms with E-state index in [1.165, 1.54) is 12.5 Å². The molecule has 0 unspecified atom stereocenters. The minimum atomic E-state index is -0.753. The highest BCUT2D eigenvalue weighted by Crippen LogP contribution is 2.38. The standard InChI is InChI=1S/C20H14ClN3O3/c21-15-10-14(19(25)18-13(15)5-2-8-23-18)17(16-6-3-9-27-16)24-20(26)12-4-1-7-22-11-12/h1-11,17,25H,(H,24,26)/t17-/m1/s1. The lowest BCUT2D eigenvalue weighted by atomic mass is 10.00. The maximum Gasteiger partial charge on any atom is 0.253 e. The van der Waals surface area contributed by atoms with Crippen LogP contribution in [0.15, 0.2) is 71.7 Å². The number of fused-ring (bicyclic) bond motifs is 1. The van der Waals surface area contributed by atoms with E-state index >= 15 is 0 Å². The van der Waals surface area contributed by atoms with Gasteiger partial charge >= 0.3 is 0 Å². The number of hydrogen-bond donors (Lipinski definition) is 2. The zero-order valence-electron chi connectivity index (χ0n) is 14.0. The number of rotatable bonds is 4. The molecule has 1 aromatic carbocycles. The molecule has 4 aromatic rings. The fourth-order valence-corrected chi connectivity index (χ4v) is 3.17. The Hall–Kier alpha value is -3.38. The Morgan fingerprint density at radius 3 is 2.78 bits per heavy atom. The average molecular weight is 380 g/mol. The predicted octanol–water partition coefficient (Wildman–Crippen LogP) is 4.10. The number of aromatic hydroxyl groups is 1. The minimum absolute atomic E-state index is 0.0668. The number of aromatic nitrogens is 2. The molecule has 2 N–H and O–H groups in total. The molecular weight excluding hydrogens is 366 g/mol. The van der Waals surface area contributed by atoms with Gasteiger partial charge in [-0.3, -0.25) is 14.8 Å². The van der Waals surface area contributed by atoms with Crippen LogP contribution in [0.2, 0.25) is 5.02 Å². The van der Waals surface area contributed by atoms with Gasteiger partial charge in [-0.05, 0) is 42.5 Å². The predicted molar refractivity (Wildman–Crippen MR) is 101 cm³/mol. The van der Waals surface area contributed by atoms with Crippen LogP contribution in [0, 0.1) is 0 Å². The number of carbonyl (C=O) groups is 1. The molecule has 0 spiro atoms. The van der Waals surface area contributed by atoms with Gasteiger partial charge in [0.15, 0.2) is 0 Å². The van der Waals surface area contributed by atoms with Crippen molar-refractivity contribution in [1.29, 1.82) is 0 Å². The number of benzene rings is 1. The molecule has 6 nitrogen and oxygen atoms in total. The van der Waals surface area contributed by atoms with Crippen LogP contribution in [-0.2, 0) is 0 Å². The Bertz CT molecular complexity index is 1100.